The Balaban J connectivity index is -0.0000000800. The molecule has 0 heterocycles. The van der Waals surface area contributed by atoms with E-state index in [1.54, 1.807) is 0 Å². The van der Waals surface area contributed by atoms with Crippen molar-refractivity contribution in [3.05, 3.63) is 12.3 Å². The molecule has 0 aromatic heterocycles. The molecule has 0 atom stereocenters. The van der Waals surface area contributed by atoms with Crippen LogP contribution >= 0.6 is 37.7 Å². The molecule has 0 spiro atoms. The molecule has 7 heteroatoms. The van der Waals surface area contributed by atoms with E-state index in [4.69, 9.17) is 37.7 Å². The fourth-order valence-corrected chi connectivity index (χ4v) is 0. The molecule has 0 saturated carbocycles. The van der Waals surface area contributed by atoms with Gasteiger partial charge in [-0.25, -0.2) is 0 Å². The molecule has 0 aliphatic heterocycles. The summed E-state index contributed by atoms with van der Waals surface area (Å²) in [6, 6.07) is 0. The zero-order valence-electron chi connectivity index (χ0n) is 2.98. The van der Waals surface area contributed by atoms with E-state index < -0.39 is 11.9 Å². The van der Waals surface area contributed by atoms with E-state index in [-0.39, 0.29) is 12.3 Å². The molecule has 0 bridgehead atoms. The standard InChI is InChI=1S/4ClH.2H2N.Pt/h4*1H;2*1H2;/q;;;;2*-1;+6/p-4. The Kier molecular flexibility index (Phi) is 13.4. The average molecular weight is 369 g/mol. The largest absolute Gasteiger partial charge is 0.693 e. The van der Waals surface area contributed by atoms with Crippen LogP contribution in [0.1, 0.15) is 0 Å². The molecule has 0 unspecified atom stereocenters. The summed E-state index contributed by atoms with van der Waals surface area (Å²) in [5, 5.41) is 0. The first-order valence-corrected chi connectivity index (χ1v) is 11.7. The predicted octanol–water partition coefficient (Wildman–Crippen LogP) is 4.19. The monoisotopic (exact) mass is 367 g/mol. The molecule has 0 aromatic rings. The first kappa shape index (κ1) is 15.9. The Morgan fingerprint density at radius 3 is 0.714 bits per heavy atom. The second kappa shape index (κ2) is 5.90. The van der Waals surface area contributed by atoms with Crippen LogP contribution in [0.15, 0.2) is 0 Å². The van der Waals surface area contributed by atoms with Crippen LogP contribution in [0.4, 0.5) is 0 Å². The van der Waals surface area contributed by atoms with Crippen LogP contribution in [0.3, 0.4) is 0 Å². The predicted molar refractivity (Wildman–Crippen MR) is 34.0 cm³/mol. The topological polar surface area (TPSA) is 67.0 Å². The molecule has 7 heavy (non-hydrogen) atoms. The molecule has 2 nitrogen and oxygen atoms in total. The Morgan fingerprint density at radius 2 is 0.714 bits per heavy atom. The van der Waals surface area contributed by atoms with E-state index in [9.17, 15) is 0 Å². The summed E-state index contributed by atoms with van der Waals surface area (Å²) >= 11 is -3.06. The smallest absolute Gasteiger partial charge is 0.693 e. The van der Waals surface area contributed by atoms with Crippen molar-refractivity contribution in [1.29, 1.82) is 0 Å². The fraction of sp³-hybridized carbons (Fsp3) is 0. The van der Waals surface area contributed by atoms with Crippen molar-refractivity contribution in [2.75, 3.05) is 0 Å². The maximum absolute atomic E-state index is 5.01. The summed E-state index contributed by atoms with van der Waals surface area (Å²) in [6.45, 7) is 0. The van der Waals surface area contributed by atoms with Gasteiger partial charge in [-0.15, -0.1) is 0 Å². The van der Waals surface area contributed by atoms with Gasteiger partial charge in [0.2, 0.25) is 0 Å². The Hall–Kier alpha value is 1.77. The van der Waals surface area contributed by atoms with Crippen LogP contribution in [0.2, 0.25) is 0 Å². The van der Waals surface area contributed by atoms with E-state index in [1.165, 1.54) is 0 Å². The van der Waals surface area contributed by atoms with E-state index in [1.807, 2.05) is 0 Å². The van der Waals surface area contributed by atoms with Crippen LogP contribution in [-0.2, 0) is 11.9 Å². The zero-order valence-corrected chi connectivity index (χ0v) is 8.28. The second-order valence-electron chi connectivity index (χ2n) is 0.271. The molecule has 0 fully saturated rings. The summed E-state index contributed by atoms with van der Waals surface area (Å²) < 4.78 is 0. The van der Waals surface area contributed by atoms with Crippen LogP contribution < -0.4 is 0 Å². The van der Waals surface area contributed by atoms with E-state index >= 15 is 0 Å². The average Bonchev–Trinajstić information content (AvgIpc) is 0.722. The first-order chi connectivity index (χ1) is 2.00. The summed E-state index contributed by atoms with van der Waals surface area (Å²) in [4.78, 5) is 0. The Labute approximate surface area is 61.5 Å². The van der Waals surface area contributed by atoms with Gasteiger partial charge in [-0.3, -0.25) is 0 Å². The molecular formula is H4Cl4N2Pt. The second-order valence-corrected chi connectivity index (χ2v) is 20.0. The van der Waals surface area contributed by atoms with Gasteiger partial charge in [0, 0.05) is 0 Å². The van der Waals surface area contributed by atoms with Crippen molar-refractivity contribution < 1.29 is 11.9 Å². The molecule has 0 radical (unpaired) electrons. The molecule has 0 amide bonds. The van der Waals surface area contributed by atoms with Crippen molar-refractivity contribution in [2.45, 2.75) is 0 Å². The molecule has 0 aliphatic carbocycles. The third-order valence-corrected chi connectivity index (χ3v) is 0. The number of rotatable bonds is 0. The minimum atomic E-state index is -3.06. The van der Waals surface area contributed by atoms with E-state index in [2.05, 4.69) is 0 Å². The van der Waals surface area contributed by atoms with Gasteiger partial charge >= 0.3 is 49.6 Å². The SMILES string of the molecule is [Cl][Pt+2]([Cl])([Cl])[Cl].[NH2-].[NH2-]. The van der Waals surface area contributed by atoms with E-state index in [0.717, 1.165) is 0 Å². The zero-order chi connectivity index (χ0) is 4.50. The normalized spacial score (nSPS) is 10.9. The van der Waals surface area contributed by atoms with Crippen molar-refractivity contribution in [1.82, 2.24) is 0 Å². The Morgan fingerprint density at radius 1 is 0.714 bits per heavy atom. The maximum Gasteiger partial charge on any atom is -0.693 e. The molecule has 0 saturated heterocycles. The summed E-state index contributed by atoms with van der Waals surface area (Å²) in [5.41, 5.74) is 0. The quantitative estimate of drug-likeness (QED) is 0.615. The van der Waals surface area contributed by atoms with Gasteiger partial charge in [-0.05, 0) is 0 Å². The number of halogens is 4. The van der Waals surface area contributed by atoms with Crippen molar-refractivity contribution in [3.8, 4) is 0 Å². The molecule has 52 valence electrons. The molecule has 0 aromatic carbocycles. The third kappa shape index (κ3) is 82.7. The van der Waals surface area contributed by atoms with Crippen LogP contribution in [-0.4, -0.2) is 0 Å². The minimum Gasteiger partial charge on any atom is -0.693 e. The van der Waals surface area contributed by atoms with Crippen LogP contribution in [0, 0.1) is 0 Å². The molecule has 0 aliphatic rings. The number of nitrogens with two attached hydrogens (primary N) is 2. The van der Waals surface area contributed by atoms with Crippen molar-refractivity contribution in [3.63, 3.8) is 0 Å². The summed E-state index contributed by atoms with van der Waals surface area (Å²) in [5.74, 6) is 0. The van der Waals surface area contributed by atoms with Gasteiger partial charge in [0.25, 0.3) is 0 Å². The summed E-state index contributed by atoms with van der Waals surface area (Å²) in [6.07, 6.45) is 0. The van der Waals surface area contributed by atoms with E-state index in [0.29, 0.717) is 0 Å². The van der Waals surface area contributed by atoms with Crippen LogP contribution in [0.25, 0.3) is 12.3 Å². The number of hydrogen-bond donors (Lipinski definition) is 0. The molecular weight excluding hydrogens is 365 g/mol. The fourth-order valence-electron chi connectivity index (χ4n) is 0. The van der Waals surface area contributed by atoms with Gasteiger partial charge < -0.3 is 12.3 Å². The van der Waals surface area contributed by atoms with Gasteiger partial charge in [0.15, 0.2) is 0 Å². The van der Waals surface area contributed by atoms with Gasteiger partial charge in [-0.2, -0.15) is 0 Å². The molecule has 0 rings (SSSR count). The van der Waals surface area contributed by atoms with Gasteiger partial charge in [0.1, 0.15) is 0 Å². The maximum atomic E-state index is 5.01. The van der Waals surface area contributed by atoms with Crippen LogP contribution in [0.5, 0.6) is 0 Å². The molecule has 4 N–H and O–H groups in total. The third-order valence-electron chi connectivity index (χ3n) is 0. The van der Waals surface area contributed by atoms with Gasteiger partial charge in [-0.1, -0.05) is 0 Å². The summed E-state index contributed by atoms with van der Waals surface area (Å²) in [7, 11) is 20.0. The minimum absolute atomic E-state index is 0. The van der Waals surface area contributed by atoms with Crippen molar-refractivity contribution in [2.24, 2.45) is 0 Å². The number of hydrogen-bond acceptors (Lipinski definition) is 0. The van der Waals surface area contributed by atoms with Gasteiger partial charge in [0.05, 0.1) is 0 Å². The Bertz CT molecular complexity index is 25.2. The van der Waals surface area contributed by atoms with Crippen molar-refractivity contribution >= 4 is 37.7 Å². The first-order valence-electron chi connectivity index (χ1n) is 0.478.